The standard InChI is InChI=1S/C9H12N2O5/c10-7(8(13)14)5-9(11(15)16)3-1-6(12)2-4-9/h1-3,7,12H,4-5,10H2,(H,13,14)/t7-,9?/m0/s1. The Bertz CT molecular complexity index is 376. The molecule has 0 aromatic rings. The molecule has 0 bridgehead atoms. The van der Waals surface area contributed by atoms with Crippen molar-refractivity contribution in [3.8, 4) is 0 Å². The van der Waals surface area contributed by atoms with Crippen LogP contribution in [0.15, 0.2) is 24.0 Å². The van der Waals surface area contributed by atoms with Crippen molar-refractivity contribution in [2.75, 3.05) is 0 Å². The summed E-state index contributed by atoms with van der Waals surface area (Å²) in [6.45, 7) is 0. The minimum absolute atomic E-state index is 0.0662. The van der Waals surface area contributed by atoms with Crippen LogP contribution in [0.1, 0.15) is 12.8 Å². The second-order valence-electron chi connectivity index (χ2n) is 3.68. The number of carboxylic acids is 1. The Balaban J connectivity index is 2.89. The van der Waals surface area contributed by atoms with Crippen LogP contribution in [0.5, 0.6) is 0 Å². The highest BCUT2D eigenvalue weighted by Gasteiger charge is 2.43. The first-order valence-electron chi connectivity index (χ1n) is 4.59. The van der Waals surface area contributed by atoms with Gasteiger partial charge in [0.05, 0.1) is 0 Å². The highest BCUT2D eigenvalue weighted by molar-refractivity contribution is 5.73. The van der Waals surface area contributed by atoms with Gasteiger partial charge in [0.2, 0.25) is 5.54 Å². The second kappa shape index (κ2) is 4.31. The van der Waals surface area contributed by atoms with Gasteiger partial charge in [0.15, 0.2) is 0 Å². The maximum Gasteiger partial charge on any atom is 0.320 e. The third-order valence-electron chi connectivity index (χ3n) is 2.48. The summed E-state index contributed by atoms with van der Waals surface area (Å²) < 4.78 is 0. The van der Waals surface area contributed by atoms with E-state index >= 15 is 0 Å². The molecule has 0 heterocycles. The fourth-order valence-electron chi connectivity index (χ4n) is 1.49. The van der Waals surface area contributed by atoms with Gasteiger partial charge in [0, 0.05) is 17.8 Å². The van der Waals surface area contributed by atoms with Crippen LogP contribution in [-0.2, 0) is 4.79 Å². The number of allylic oxidation sites excluding steroid dienone is 1. The van der Waals surface area contributed by atoms with Crippen molar-refractivity contribution >= 4 is 5.97 Å². The minimum Gasteiger partial charge on any atom is -0.508 e. The van der Waals surface area contributed by atoms with Crippen LogP contribution in [-0.4, -0.2) is 32.7 Å². The van der Waals surface area contributed by atoms with Crippen LogP contribution in [0.3, 0.4) is 0 Å². The lowest BCUT2D eigenvalue weighted by molar-refractivity contribution is -0.556. The van der Waals surface area contributed by atoms with Gasteiger partial charge in [-0.2, -0.15) is 0 Å². The molecule has 1 unspecified atom stereocenters. The fourth-order valence-corrected chi connectivity index (χ4v) is 1.49. The largest absolute Gasteiger partial charge is 0.508 e. The SMILES string of the molecule is N[C@@H](CC1([N+](=O)[O-])C=CC(O)=CC1)C(=O)O. The third-order valence-corrected chi connectivity index (χ3v) is 2.48. The zero-order chi connectivity index (χ0) is 12.3. The van der Waals surface area contributed by atoms with Crippen LogP contribution in [0.25, 0.3) is 0 Å². The van der Waals surface area contributed by atoms with Gasteiger partial charge in [0.1, 0.15) is 11.8 Å². The molecule has 0 fully saturated rings. The van der Waals surface area contributed by atoms with Gasteiger partial charge in [0.25, 0.3) is 0 Å². The zero-order valence-corrected chi connectivity index (χ0v) is 8.37. The van der Waals surface area contributed by atoms with Crippen molar-refractivity contribution in [3.63, 3.8) is 0 Å². The Hall–Kier alpha value is -1.89. The average molecular weight is 228 g/mol. The molecule has 7 nitrogen and oxygen atoms in total. The quantitative estimate of drug-likeness (QED) is 0.466. The number of hydrogen-bond acceptors (Lipinski definition) is 5. The summed E-state index contributed by atoms with van der Waals surface area (Å²) in [5.41, 5.74) is 3.75. The topological polar surface area (TPSA) is 127 Å². The number of nitrogens with two attached hydrogens (primary N) is 1. The molecule has 0 aliphatic heterocycles. The monoisotopic (exact) mass is 228 g/mol. The summed E-state index contributed by atoms with van der Waals surface area (Å²) in [5.74, 6) is -1.35. The van der Waals surface area contributed by atoms with Crippen molar-refractivity contribution < 1.29 is 19.9 Å². The summed E-state index contributed by atoms with van der Waals surface area (Å²) >= 11 is 0. The van der Waals surface area contributed by atoms with E-state index in [0.29, 0.717) is 0 Å². The lowest BCUT2D eigenvalue weighted by Gasteiger charge is -2.24. The van der Waals surface area contributed by atoms with Gasteiger partial charge in [-0.25, -0.2) is 0 Å². The summed E-state index contributed by atoms with van der Waals surface area (Å²) in [5, 5.41) is 28.6. The predicted molar refractivity (Wildman–Crippen MR) is 54.4 cm³/mol. The number of rotatable bonds is 4. The van der Waals surface area contributed by atoms with Gasteiger partial charge in [-0.3, -0.25) is 14.9 Å². The van der Waals surface area contributed by atoms with Gasteiger partial charge in [-0.15, -0.1) is 0 Å². The molecular weight excluding hydrogens is 216 g/mol. The minimum atomic E-state index is -1.54. The molecule has 1 aliphatic rings. The third kappa shape index (κ3) is 2.37. The molecule has 0 aromatic heterocycles. The first-order chi connectivity index (χ1) is 7.37. The average Bonchev–Trinajstić information content (AvgIpc) is 2.21. The van der Waals surface area contributed by atoms with Crippen molar-refractivity contribution in [2.24, 2.45) is 5.73 Å². The lowest BCUT2D eigenvalue weighted by atomic mass is 9.85. The van der Waals surface area contributed by atoms with E-state index in [4.69, 9.17) is 15.9 Å². The summed E-state index contributed by atoms with van der Waals surface area (Å²) in [6.07, 6.45) is 3.27. The molecule has 1 aliphatic carbocycles. The fraction of sp³-hybridized carbons (Fsp3) is 0.444. The van der Waals surface area contributed by atoms with Crippen LogP contribution < -0.4 is 5.73 Å². The molecule has 0 spiro atoms. The number of aliphatic hydroxyl groups is 1. The molecule has 7 heteroatoms. The van der Waals surface area contributed by atoms with Gasteiger partial charge in [-0.05, 0) is 18.2 Å². The number of hydrogen-bond donors (Lipinski definition) is 3. The Morgan fingerprint density at radius 2 is 2.38 bits per heavy atom. The smallest absolute Gasteiger partial charge is 0.320 e. The number of aliphatic carboxylic acids is 1. The van der Waals surface area contributed by atoms with E-state index in [2.05, 4.69) is 0 Å². The van der Waals surface area contributed by atoms with E-state index in [-0.39, 0.29) is 18.6 Å². The van der Waals surface area contributed by atoms with Gasteiger partial charge < -0.3 is 15.9 Å². The van der Waals surface area contributed by atoms with Crippen LogP contribution in [0.4, 0.5) is 0 Å². The molecule has 0 saturated heterocycles. The molecular formula is C9H12N2O5. The molecule has 0 aromatic carbocycles. The molecule has 88 valence electrons. The van der Waals surface area contributed by atoms with Crippen molar-refractivity contribution in [2.45, 2.75) is 24.4 Å². The van der Waals surface area contributed by atoms with E-state index in [1.165, 1.54) is 18.2 Å². The first kappa shape index (κ1) is 12.2. The Morgan fingerprint density at radius 3 is 2.75 bits per heavy atom. The molecule has 16 heavy (non-hydrogen) atoms. The zero-order valence-electron chi connectivity index (χ0n) is 8.37. The second-order valence-corrected chi connectivity index (χ2v) is 3.68. The van der Waals surface area contributed by atoms with Crippen LogP contribution in [0, 0.1) is 10.1 Å². The number of nitro groups is 1. The van der Waals surface area contributed by atoms with Crippen molar-refractivity contribution in [1.29, 1.82) is 0 Å². The Morgan fingerprint density at radius 1 is 1.75 bits per heavy atom. The van der Waals surface area contributed by atoms with Crippen molar-refractivity contribution in [1.82, 2.24) is 0 Å². The maximum atomic E-state index is 10.9. The van der Waals surface area contributed by atoms with E-state index < -0.39 is 22.5 Å². The van der Waals surface area contributed by atoms with E-state index in [9.17, 15) is 14.9 Å². The van der Waals surface area contributed by atoms with E-state index in [0.717, 1.165) is 0 Å². The number of carbonyl (C=O) groups is 1. The molecule has 0 saturated carbocycles. The lowest BCUT2D eigenvalue weighted by Crippen LogP contribution is -2.45. The summed E-state index contributed by atoms with van der Waals surface area (Å²) in [7, 11) is 0. The number of aliphatic hydroxyl groups excluding tert-OH is 1. The Labute approximate surface area is 91.0 Å². The first-order valence-corrected chi connectivity index (χ1v) is 4.59. The van der Waals surface area contributed by atoms with E-state index in [1.807, 2.05) is 0 Å². The molecule has 2 atom stereocenters. The highest BCUT2D eigenvalue weighted by atomic mass is 16.6. The summed E-state index contributed by atoms with van der Waals surface area (Å²) in [6, 6.07) is -1.30. The number of carboxylic acid groups (broad SMARTS) is 1. The number of nitrogens with zero attached hydrogens (tertiary/aromatic N) is 1. The van der Waals surface area contributed by atoms with Crippen LogP contribution >= 0.6 is 0 Å². The van der Waals surface area contributed by atoms with Gasteiger partial charge in [-0.1, -0.05) is 0 Å². The van der Waals surface area contributed by atoms with E-state index in [1.54, 1.807) is 0 Å². The van der Waals surface area contributed by atoms with Crippen molar-refractivity contribution in [3.05, 3.63) is 34.1 Å². The molecule has 4 N–H and O–H groups in total. The summed E-state index contributed by atoms with van der Waals surface area (Å²) in [4.78, 5) is 20.9. The normalized spacial score (nSPS) is 25.9. The Kier molecular flexibility index (Phi) is 3.28. The van der Waals surface area contributed by atoms with Gasteiger partial charge >= 0.3 is 5.97 Å². The maximum absolute atomic E-state index is 10.9. The molecule has 0 amide bonds. The predicted octanol–water partition coefficient (Wildman–Crippen LogP) is 0.206. The molecule has 0 radical (unpaired) electrons. The van der Waals surface area contributed by atoms with Crippen LogP contribution in [0.2, 0.25) is 0 Å². The highest BCUT2D eigenvalue weighted by Crippen LogP contribution is 2.28. The molecule has 1 rings (SSSR count).